The van der Waals surface area contributed by atoms with Gasteiger partial charge in [-0.3, -0.25) is 0 Å². The highest BCUT2D eigenvalue weighted by Crippen LogP contribution is 2.67. The lowest BCUT2D eigenvalue weighted by Gasteiger charge is -2.44. The molecular formula is C11H16. The number of rotatable bonds is 0. The summed E-state index contributed by atoms with van der Waals surface area (Å²) in [6, 6.07) is 0. The Morgan fingerprint density at radius 2 is 2.00 bits per heavy atom. The molecule has 60 valence electrons. The van der Waals surface area contributed by atoms with E-state index >= 15 is 0 Å². The van der Waals surface area contributed by atoms with E-state index in [1.54, 1.807) is 11.1 Å². The molecule has 3 aliphatic carbocycles. The average Bonchev–Trinajstić information content (AvgIpc) is 2.38. The fourth-order valence-electron chi connectivity index (χ4n) is 2.42. The summed E-state index contributed by atoms with van der Waals surface area (Å²) in [6.45, 7) is 9.24. The SMILES string of the molecule is C/C=C1/CC2(C)C=C1C2(C)C. The molecule has 0 nitrogen and oxygen atoms in total. The summed E-state index contributed by atoms with van der Waals surface area (Å²) in [4.78, 5) is 0. The molecule has 0 aromatic rings. The zero-order chi connectivity index (χ0) is 8.28. The Morgan fingerprint density at radius 3 is 2.18 bits per heavy atom. The summed E-state index contributed by atoms with van der Waals surface area (Å²) < 4.78 is 0. The number of hydrogen-bond acceptors (Lipinski definition) is 0. The normalized spacial score (nSPS) is 42.2. The van der Waals surface area contributed by atoms with Crippen LogP contribution in [0.3, 0.4) is 0 Å². The van der Waals surface area contributed by atoms with Crippen molar-refractivity contribution in [1.29, 1.82) is 0 Å². The highest BCUT2D eigenvalue weighted by molar-refractivity contribution is 5.55. The van der Waals surface area contributed by atoms with E-state index in [-0.39, 0.29) is 0 Å². The molecule has 0 aromatic carbocycles. The van der Waals surface area contributed by atoms with Gasteiger partial charge in [-0.25, -0.2) is 0 Å². The van der Waals surface area contributed by atoms with Crippen molar-refractivity contribution in [3.05, 3.63) is 23.3 Å². The van der Waals surface area contributed by atoms with Gasteiger partial charge < -0.3 is 0 Å². The van der Waals surface area contributed by atoms with Gasteiger partial charge in [0.15, 0.2) is 0 Å². The van der Waals surface area contributed by atoms with Gasteiger partial charge in [-0.2, -0.15) is 0 Å². The number of hydrogen-bond donors (Lipinski definition) is 0. The zero-order valence-electron chi connectivity index (χ0n) is 7.86. The van der Waals surface area contributed by atoms with Crippen molar-refractivity contribution in [3.8, 4) is 0 Å². The van der Waals surface area contributed by atoms with E-state index < -0.39 is 0 Å². The van der Waals surface area contributed by atoms with Gasteiger partial charge in [-0.05, 0) is 35.3 Å². The summed E-state index contributed by atoms with van der Waals surface area (Å²) in [5.41, 5.74) is 4.11. The van der Waals surface area contributed by atoms with Gasteiger partial charge in [0.25, 0.3) is 0 Å². The van der Waals surface area contributed by atoms with E-state index in [9.17, 15) is 0 Å². The van der Waals surface area contributed by atoms with Crippen LogP contribution in [0.15, 0.2) is 23.3 Å². The molecule has 1 unspecified atom stereocenters. The van der Waals surface area contributed by atoms with Crippen LogP contribution in [-0.4, -0.2) is 0 Å². The summed E-state index contributed by atoms with van der Waals surface area (Å²) in [5.74, 6) is 0. The molecule has 0 aliphatic heterocycles. The monoisotopic (exact) mass is 148 g/mol. The first-order chi connectivity index (χ1) is 5.01. The minimum atomic E-state index is 0.453. The predicted octanol–water partition coefficient (Wildman–Crippen LogP) is 3.31. The van der Waals surface area contributed by atoms with Crippen molar-refractivity contribution < 1.29 is 0 Å². The number of allylic oxidation sites excluding steroid dienone is 4. The topological polar surface area (TPSA) is 0 Å². The maximum absolute atomic E-state index is 2.45. The van der Waals surface area contributed by atoms with E-state index in [1.807, 2.05) is 0 Å². The van der Waals surface area contributed by atoms with Gasteiger partial charge in [-0.15, -0.1) is 0 Å². The Bertz CT molecular complexity index is 263. The van der Waals surface area contributed by atoms with Crippen LogP contribution >= 0.6 is 0 Å². The van der Waals surface area contributed by atoms with E-state index in [4.69, 9.17) is 0 Å². The summed E-state index contributed by atoms with van der Waals surface area (Å²) >= 11 is 0. The maximum Gasteiger partial charge on any atom is -0.000858 e. The highest BCUT2D eigenvalue weighted by atomic mass is 14.6. The largest absolute Gasteiger partial charge is 0.0841 e. The number of fused-ring (bicyclic) bond motifs is 1. The van der Waals surface area contributed by atoms with E-state index in [0.717, 1.165) is 0 Å². The lowest BCUT2D eigenvalue weighted by Crippen LogP contribution is -2.36. The van der Waals surface area contributed by atoms with Crippen molar-refractivity contribution >= 4 is 0 Å². The van der Waals surface area contributed by atoms with Gasteiger partial charge in [0.2, 0.25) is 0 Å². The van der Waals surface area contributed by atoms with Crippen LogP contribution in [0.2, 0.25) is 0 Å². The van der Waals surface area contributed by atoms with Crippen LogP contribution < -0.4 is 0 Å². The van der Waals surface area contributed by atoms with Crippen LogP contribution in [-0.2, 0) is 0 Å². The quantitative estimate of drug-likeness (QED) is 0.494. The molecule has 0 aromatic heterocycles. The minimum absolute atomic E-state index is 0.453. The van der Waals surface area contributed by atoms with E-state index in [1.165, 1.54) is 6.42 Å². The Kier molecular flexibility index (Phi) is 1.06. The van der Waals surface area contributed by atoms with Crippen molar-refractivity contribution in [2.45, 2.75) is 34.1 Å². The molecule has 3 rings (SSSR count). The molecule has 2 bridgehead atoms. The molecule has 11 heavy (non-hydrogen) atoms. The molecule has 1 atom stereocenters. The average molecular weight is 148 g/mol. The van der Waals surface area contributed by atoms with Crippen LogP contribution in [0.25, 0.3) is 0 Å². The Balaban J connectivity index is 2.47. The molecule has 0 heterocycles. The van der Waals surface area contributed by atoms with Crippen molar-refractivity contribution in [3.63, 3.8) is 0 Å². The third-order valence-electron chi connectivity index (χ3n) is 3.82. The second-order valence-corrected chi connectivity index (χ2v) is 4.59. The van der Waals surface area contributed by atoms with Crippen LogP contribution in [0.1, 0.15) is 34.1 Å². The first-order valence-electron chi connectivity index (χ1n) is 4.40. The Labute approximate surface area is 69.0 Å². The third-order valence-corrected chi connectivity index (χ3v) is 3.82. The first kappa shape index (κ1) is 7.15. The fourth-order valence-corrected chi connectivity index (χ4v) is 2.42. The molecule has 1 fully saturated rings. The summed E-state index contributed by atoms with van der Waals surface area (Å²) in [6.07, 6.45) is 5.99. The predicted molar refractivity (Wildman–Crippen MR) is 48.3 cm³/mol. The second-order valence-electron chi connectivity index (χ2n) is 4.59. The van der Waals surface area contributed by atoms with E-state index in [0.29, 0.717) is 10.8 Å². The standard InChI is InChI=1S/C11H16/c1-5-8-6-11(4)7-9(8)10(11,2)3/h5,7H,6H2,1-4H3/b8-5-. The summed E-state index contributed by atoms with van der Waals surface area (Å²) in [5, 5.41) is 0. The van der Waals surface area contributed by atoms with E-state index in [2.05, 4.69) is 39.8 Å². The third kappa shape index (κ3) is 0.571. The van der Waals surface area contributed by atoms with Gasteiger partial charge in [-0.1, -0.05) is 32.9 Å². The van der Waals surface area contributed by atoms with Gasteiger partial charge >= 0.3 is 0 Å². The summed E-state index contributed by atoms with van der Waals surface area (Å²) in [7, 11) is 0. The van der Waals surface area contributed by atoms with Gasteiger partial charge in [0.05, 0.1) is 0 Å². The van der Waals surface area contributed by atoms with Crippen molar-refractivity contribution in [1.82, 2.24) is 0 Å². The van der Waals surface area contributed by atoms with Crippen LogP contribution in [0.5, 0.6) is 0 Å². The fraction of sp³-hybridized carbons (Fsp3) is 0.636. The molecule has 0 saturated heterocycles. The lowest BCUT2D eigenvalue weighted by atomic mass is 9.59. The molecule has 0 heteroatoms. The van der Waals surface area contributed by atoms with Crippen LogP contribution in [0, 0.1) is 10.8 Å². The first-order valence-corrected chi connectivity index (χ1v) is 4.40. The molecule has 3 aliphatic rings. The zero-order valence-corrected chi connectivity index (χ0v) is 7.86. The Hall–Kier alpha value is -0.520. The van der Waals surface area contributed by atoms with Gasteiger partial charge in [0, 0.05) is 0 Å². The Morgan fingerprint density at radius 1 is 1.36 bits per heavy atom. The lowest BCUT2D eigenvalue weighted by molar-refractivity contribution is 0.188. The van der Waals surface area contributed by atoms with Crippen LogP contribution in [0.4, 0.5) is 0 Å². The maximum atomic E-state index is 2.45. The molecule has 0 radical (unpaired) electrons. The van der Waals surface area contributed by atoms with Crippen molar-refractivity contribution in [2.24, 2.45) is 10.8 Å². The molecular weight excluding hydrogens is 132 g/mol. The molecule has 0 N–H and O–H groups in total. The molecule has 0 amide bonds. The van der Waals surface area contributed by atoms with Gasteiger partial charge in [0.1, 0.15) is 0 Å². The minimum Gasteiger partial charge on any atom is -0.0841 e. The molecule has 1 saturated carbocycles. The molecule has 0 spiro atoms. The van der Waals surface area contributed by atoms with Crippen molar-refractivity contribution in [2.75, 3.05) is 0 Å². The second kappa shape index (κ2) is 1.63. The smallest absolute Gasteiger partial charge is 0.000858 e. The highest BCUT2D eigenvalue weighted by Gasteiger charge is 2.56.